The normalized spacial score (nSPS) is 10.2. The van der Waals surface area contributed by atoms with E-state index in [1.165, 1.54) is 14.0 Å². The summed E-state index contributed by atoms with van der Waals surface area (Å²) in [6.45, 7) is 2.48. The fraction of sp³-hybridized carbons (Fsp3) is 0.263. The van der Waals surface area contributed by atoms with Crippen LogP contribution in [0.5, 0.6) is 5.75 Å². The Bertz CT molecular complexity index is 710. The smallest absolute Gasteiger partial charge is 0.337 e. The predicted molar refractivity (Wildman–Crippen MR) is 90.7 cm³/mol. The van der Waals surface area contributed by atoms with E-state index in [1.54, 1.807) is 29.2 Å². The van der Waals surface area contributed by atoms with Crippen molar-refractivity contribution >= 4 is 11.9 Å². The van der Waals surface area contributed by atoms with Crippen molar-refractivity contribution in [1.29, 1.82) is 0 Å². The zero-order valence-electron chi connectivity index (χ0n) is 13.9. The molecule has 0 fully saturated rings. The number of esters is 1. The molecule has 0 aliphatic heterocycles. The van der Waals surface area contributed by atoms with Crippen LogP contribution in [0.25, 0.3) is 0 Å². The molecule has 1 amide bonds. The van der Waals surface area contributed by atoms with Gasteiger partial charge in [0.05, 0.1) is 12.7 Å². The van der Waals surface area contributed by atoms with Crippen LogP contribution in [0.4, 0.5) is 0 Å². The van der Waals surface area contributed by atoms with E-state index in [4.69, 9.17) is 0 Å². The van der Waals surface area contributed by atoms with Crippen molar-refractivity contribution in [1.82, 2.24) is 4.90 Å². The Labute approximate surface area is 141 Å². The molecule has 1 N–H and O–H groups in total. The van der Waals surface area contributed by atoms with E-state index in [0.717, 1.165) is 11.1 Å². The Morgan fingerprint density at radius 3 is 2.33 bits per heavy atom. The molecule has 0 bridgehead atoms. The minimum atomic E-state index is -0.385. The summed E-state index contributed by atoms with van der Waals surface area (Å²) in [5.41, 5.74) is 2.21. The number of rotatable bonds is 6. The highest BCUT2D eigenvalue weighted by Crippen LogP contribution is 2.17. The second kappa shape index (κ2) is 8.15. The molecule has 0 saturated carbocycles. The number of para-hydroxylation sites is 1. The van der Waals surface area contributed by atoms with E-state index in [1.807, 2.05) is 24.3 Å². The van der Waals surface area contributed by atoms with Gasteiger partial charge >= 0.3 is 5.97 Å². The molecule has 0 unspecified atom stereocenters. The molecule has 0 aliphatic rings. The molecule has 5 heteroatoms. The summed E-state index contributed by atoms with van der Waals surface area (Å²) < 4.78 is 4.67. The molecule has 2 aromatic carbocycles. The molecular formula is C19H21NO4. The molecule has 0 spiro atoms. The molecule has 0 heterocycles. The van der Waals surface area contributed by atoms with Crippen LogP contribution in [-0.4, -0.2) is 35.5 Å². The first-order chi connectivity index (χ1) is 11.5. The third kappa shape index (κ3) is 4.59. The van der Waals surface area contributed by atoms with Crippen LogP contribution in [0.15, 0.2) is 48.5 Å². The van der Waals surface area contributed by atoms with E-state index in [2.05, 4.69) is 4.74 Å². The Balaban J connectivity index is 2.02. The largest absolute Gasteiger partial charge is 0.508 e. The summed E-state index contributed by atoms with van der Waals surface area (Å²) in [6.07, 6.45) is 0.576. The number of nitrogens with zero attached hydrogens (tertiary/aromatic N) is 1. The molecular weight excluding hydrogens is 306 g/mol. The molecule has 5 nitrogen and oxygen atoms in total. The molecule has 2 rings (SSSR count). The van der Waals surface area contributed by atoms with Crippen LogP contribution in [0.3, 0.4) is 0 Å². The lowest BCUT2D eigenvalue weighted by Gasteiger charge is -2.21. The van der Waals surface area contributed by atoms with Gasteiger partial charge in [-0.05, 0) is 35.7 Å². The molecule has 24 heavy (non-hydrogen) atoms. The summed E-state index contributed by atoms with van der Waals surface area (Å²) in [6, 6.07) is 14.1. The minimum absolute atomic E-state index is 0.0394. The highest BCUT2D eigenvalue weighted by Gasteiger charge is 2.12. The van der Waals surface area contributed by atoms with Gasteiger partial charge in [0.1, 0.15) is 5.75 Å². The first-order valence-electron chi connectivity index (χ1n) is 7.71. The number of carbonyl (C=O) groups excluding carboxylic acids is 2. The van der Waals surface area contributed by atoms with Gasteiger partial charge in [0, 0.05) is 20.0 Å². The third-order valence-electron chi connectivity index (χ3n) is 3.84. The second-order valence-corrected chi connectivity index (χ2v) is 5.51. The van der Waals surface area contributed by atoms with Gasteiger partial charge in [0.2, 0.25) is 5.91 Å². The van der Waals surface area contributed by atoms with Crippen molar-refractivity contribution in [2.24, 2.45) is 0 Å². The number of phenolic OH excluding ortho intramolecular Hbond substituents is 1. The summed E-state index contributed by atoms with van der Waals surface area (Å²) >= 11 is 0. The van der Waals surface area contributed by atoms with Gasteiger partial charge in [-0.2, -0.15) is 0 Å². The van der Waals surface area contributed by atoms with Gasteiger partial charge < -0.3 is 14.7 Å². The Hall–Kier alpha value is -2.82. The number of ether oxygens (including phenoxy) is 1. The summed E-state index contributed by atoms with van der Waals surface area (Å²) in [5, 5.41) is 9.81. The van der Waals surface area contributed by atoms with Crippen LogP contribution < -0.4 is 0 Å². The standard InChI is InChI=1S/C19H21NO4/c1-14(21)20(12-11-16-5-3-4-6-18(16)22)13-15-7-9-17(10-8-15)19(23)24-2/h3-10,22H,11-13H2,1-2H3. The van der Waals surface area contributed by atoms with E-state index in [9.17, 15) is 14.7 Å². The molecule has 0 saturated heterocycles. The number of methoxy groups -OCH3 is 1. The second-order valence-electron chi connectivity index (χ2n) is 5.51. The Kier molecular flexibility index (Phi) is 5.95. The Morgan fingerprint density at radius 2 is 1.75 bits per heavy atom. The van der Waals surface area contributed by atoms with Gasteiger partial charge in [-0.25, -0.2) is 4.79 Å². The maximum Gasteiger partial charge on any atom is 0.337 e. The van der Waals surface area contributed by atoms with Gasteiger partial charge in [0.15, 0.2) is 0 Å². The van der Waals surface area contributed by atoms with Crippen molar-refractivity contribution in [3.63, 3.8) is 0 Å². The van der Waals surface area contributed by atoms with Crippen LogP contribution in [0, 0.1) is 0 Å². The molecule has 126 valence electrons. The SMILES string of the molecule is COC(=O)c1ccc(CN(CCc2ccccc2O)C(C)=O)cc1. The lowest BCUT2D eigenvalue weighted by Crippen LogP contribution is -2.30. The van der Waals surface area contributed by atoms with Crippen molar-refractivity contribution in [3.8, 4) is 5.75 Å². The van der Waals surface area contributed by atoms with Crippen LogP contribution >= 0.6 is 0 Å². The number of phenols is 1. The highest BCUT2D eigenvalue weighted by molar-refractivity contribution is 5.89. The topological polar surface area (TPSA) is 66.8 Å². The molecule has 2 aromatic rings. The zero-order valence-corrected chi connectivity index (χ0v) is 13.9. The number of hydrogen-bond donors (Lipinski definition) is 1. The minimum Gasteiger partial charge on any atom is -0.508 e. The fourth-order valence-electron chi connectivity index (χ4n) is 2.41. The maximum atomic E-state index is 11.9. The first kappa shape index (κ1) is 17.5. The molecule has 0 atom stereocenters. The average Bonchev–Trinajstić information content (AvgIpc) is 2.59. The fourth-order valence-corrected chi connectivity index (χ4v) is 2.41. The number of carbonyl (C=O) groups is 2. The molecule has 0 radical (unpaired) electrons. The number of aromatic hydroxyl groups is 1. The van der Waals surface area contributed by atoms with Crippen LogP contribution in [0.1, 0.15) is 28.4 Å². The van der Waals surface area contributed by atoms with E-state index >= 15 is 0 Å². The lowest BCUT2D eigenvalue weighted by atomic mass is 10.1. The van der Waals surface area contributed by atoms with E-state index in [-0.39, 0.29) is 17.6 Å². The monoisotopic (exact) mass is 327 g/mol. The molecule has 0 aliphatic carbocycles. The van der Waals surface area contributed by atoms with Crippen molar-refractivity contribution in [2.75, 3.05) is 13.7 Å². The summed E-state index contributed by atoms with van der Waals surface area (Å²) in [4.78, 5) is 25.0. The first-order valence-corrected chi connectivity index (χ1v) is 7.71. The maximum absolute atomic E-state index is 11.9. The number of amides is 1. The van der Waals surface area contributed by atoms with Gasteiger partial charge in [-0.3, -0.25) is 4.79 Å². The summed E-state index contributed by atoms with van der Waals surface area (Å²) in [5.74, 6) is -0.185. The van der Waals surface area contributed by atoms with Crippen LogP contribution in [-0.2, 0) is 22.5 Å². The predicted octanol–water partition coefficient (Wildman–Crippen LogP) is 2.77. The Morgan fingerprint density at radius 1 is 1.08 bits per heavy atom. The van der Waals surface area contributed by atoms with Gasteiger partial charge in [-0.15, -0.1) is 0 Å². The van der Waals surface area contributed by atoms with Crippen molar-refractivity contribution in [2.45, 2.75) is 19.9 Å². The molecule has 0 aromatic heterocycles. The quantitative estimate of drug-likeness (QED) is 0.829. The van der Waals surface area contributed by atoms with Gasteiger partial charge in [0.25, 0.3) is 0 Å². The highest BCUT2D eigenvalue weighted by atomic mass is 16.5. The lowest BCUT2D eigenvalue weighted by molar-refractivity contribution is -0.129. The number of hydrogen-bond acceptors (Lipinski definition) is 4. The summed E-state index contributed by atoms with van der Waals surface area (Å²) in [7, 11) is 1.34. The van der Waals surface area contributed by atoms with Crippen LogP contribution in [0.2, 0.25) is 0 Å². The van der Waals surface area contributed by atoms with Gasteiger partial charge in [-0.1, -0.05) is 30.3 Å². The average molecular weight is 327 g/mol. The van der Waals surface area contributed by atoms with E-state index in [0.29, 0.717) is 25.1 Å². The van der Waals surface area contributed by atoms with Crippen molar-refractivity contribution in [3.05, 3.63) is 65.2 Å². The van der Waals surface area contributed by atoms with E-state index < -0.39 is 0 Å². The zero-order chi connectivity index (χ0) is 17.5. The third-order valence-corrected chi connectivity index (χ3v) is 3.84. The number of benzene rings is 2. The van der Waals surface area contributed by atoms with Crippen molar-refractivity contribution < 1.29 is 19.4 Å².